The standard InChI is InChI=1S/C21H30N6.HI/c1-2-22-21(25-13-10-19-8-4-5-11-23-19)26-17-18-9-12-24-20(16-18)27-14-6-3-7-15-27;/h4-5,8-9,11-12,16H,2-3,6-7,10,13-15,17H2,1H3,(H2,22,25,26);1H. The van der Waals surface area contributed by atoms with Gasteiger partial charge in [-0.2, -0.15) is 0 Å². The van der Waals surface area contributed by atoms with E-state index in [-0.39, 0.29) is 24.0 Å². The average Bonchev–Trinajstić information content (AvgIpc) is 2.74. The van der Waals surface area contributed by atoms with Crippen molar-refractivity contribution < 1.29 is 0 Å². The fourth-order valence-electron chi connectivity index (χ4n) is 3.22. The monoisotopic (exact) mass is 494 g/mol. The normalized spacial score (nSPS) is 14.3. The minimum absolute atomic E-state index is 0. The Hall–Kier alpha value is -1.90. The molecule has 0 spiro atoms. The van der Waals surface area contributed by atoms with Gasteiger partial charge in [0.25, 0.3) is 0 Å². The lowest BCUT2D eigenvalue weighted by molar-refractivity contribution is 0.573. The van der Waals surface area contributed by atoms with Gasteiger partial charge < -0.3 is 15.5 Å². The predicted molar refractivity (Wildman–Crippen MR) is 126 cm³/mol. The quantitative estimate of drug-likeness (QED) is 0.351. The summed E-state index contributed by atoms with van der Waals surface area (Å²) in [5.41, 5.74) is 2.27. The first-order valence-electron chi connectivity index (χ1n) is 9.97. The summed E-state index contributed by atoms with van der Waals surface area (Å²) in [4.78, 5) is 16.0. The highest BCUT2D eigenvalue weighted by molar-refractivity contribution is 14.0. The molecule has 2 N–H and O–H groups in total. The fraction of sp³-hybridized carbons (Fsp3) is 0.476. The summed E-state index contributed by atoms with van der Waals surface area (Å²) in [5, 5.41) is 6.70. The third-order valence-corrected chi connectivity index (χ3v) is 4.65. The van der Waals surface area contributed by atoms with E-state index in [0.717, 1.165) is 50.1 Å². The molecule has 28 heavy (non-hydrogen) atoms. The minimum Gasteiger partial charge on any atom is -0.357 e. The van der Waals surface area contributed by atoms with E-state index in [4.69, 9.17) is 4.99 Å². The van der Waals surface area contributed by atoms with Crippen LogP contribution in [0.25, 0.3) is 0 Å². The minimum atomic E-state index is 0. The van der Waals surface area contributed by atoms with Crippen LogP contribution in [0, 0.1) is 0 Å². The van der Waals surface area contributed by atoms with Crippen molar-refractivity contribution >= 4 is 35.8 Å². The van der Waals surface area contributed by atoms with E-state index in [1.165, 1.54) is 24.8 Å². The number of rotatable bonds is 7. The number of anilines is 1. The van der Waals surface area contributed by atoms with Crippen LogP contribution in [0.1, 0.15) is 37.4 Å². The summed E-state index contributed by atoms with van der Waals surface area (Å²) in [7, 11) is 0. The Kier molecular flexibility index (Phi) is 10.0. The van der Waals surface area contributed by atoms with Crippen LogP contribution in [-0.2, 0) is 13.0 Å². The zero-order valence-corrected chi connectivity index (χ0v) is 18.9. The largest absolute Gasteiger partial charge is 0.357 e. The Morgan fingerprint density at radius 3 is 2.68 bits per heavy atom. The molecule has 152 valence electrons. The molecule has 6 nitrogen and oxygen atoms in total. The smallest absolute Gasteiger partial charge is 0.191 e. The molecule has 3 rings (SSSR count). The molecule has 1 aliphatic heterocycles. The fourth-order valence-corrected chi connectivity index (χ4v) is 3.22. The Labute approximate surface area is 185 Å². The van der Waals surface area contributed by atoms with Crippen molar-refractivity contribution in [2.45, 2.75) is 39.2 Å². The first-order valence-corrected chi connectivity index (χ1v) is 9.97. The Bertz CT molecular complexity index is 716. The van der Waals surface area contributed by atoms with Crippen molar-refractivity contribution in [1.82, 2.24) is 20.6 Å². The van der Waals surface area contributed by atoms with Gasteiger partial charge in [-0.25, -0.2) is 9.98 Å². The summed E-state index contributed by atoms with van der Waals surface area (Å²) in [6, 6.07) is 10.2. The first-order chi connectivity index (χ1) is 13.3. The van der Waals surface area contributed by atoms with Crippen LogP contribution in [0.2, 0.25) is 0 Å². The van der Waals surface area contributed by atoms with Gasteiger partial charge in [0, 0.05) is 50.7 Å². The molecule has 0 atom stereocenters. The molecular weight excluding hydrogens is 463 g/mol. The molecule has 1 saturated heterocycles. The van der Waals surface area contributed by atoms with Crippen molar-refractivity contribution in [2.24, 2.45) is 4.99 Å². The third-order valence-electron chi connectivity index (χ3n) is 4.65. The van der Waals surface area contributed by atoms with Crippen molar-refractivity contribution in [3.05, 3.63) is 54.0 Å². The number of piperidine rings is 1. The van der Waals surface area contributed by atoms with Crippen LogP contribution in [0.5, 0.6) is 0 Å². The number of pyridine rings is 2. The van der Waals surface area contributed by atoms with Gasteiger partial charge in [-0.05, 0) is 56.0 Å². The number of aliphatic imine (C=N–C) groups is 1. The molecule has 0 amide bonds. The number of guanidine groups is 1. The number of hydrogen-bond donors (Lipinski definition) is 2. The van der Waals surface area contributed by atoms with E-state index in [1.807, 2.05) is 30.6 Å². The maximum atomic E-state index is 4.73. The number of halogens is 1. The summed E-state index contributed by atoms with van der Waals surface area (Å²) >= 11 is 0. The van der Waals surface area contributed by atoms with Crippen LogP contribution in [0.15, 0.2) is 47.7 Å². The first kappa shape index (κ1) is 22.4. The number of nitrogens with one attached hydrogen (secondary N) is 2. The van der Waals surface area contributed by atoms with E-state index in [0.29, 0.717) is 6.54 Å². The lowest BCUT2D eigenvalue weighted by Gasteiger charge is -2.27. The Balaban J connectivity index is 0.00000280. The van der Waals surface area contributed by atoms with E-state index >= 15 is 0 Å². The van der Waals surface area contributed by atoms with Crippen molar-refractivity contribution in [1.29, 1.82) is 0 Å². The molecule has 0 bridgehead atoms. The number of nitrogens with zero attached hydrogens (tertiary/aromatic N) is 4. The number of hydrogen-bond acceptors (Lipinski definition) is 4. The highest BCUT2D eigenvalue weighted by atomic mass is 127. The van der Waals surface area contributed by atoms with Crippen LogP contribution in [0.4, 0.5) is 5.82 Å². The van der Waals surface area contributed by atoms with E-state index < -0.39 is 0 Å². The van der Waals surface area contributed by atoms with Crippen molar-refractivity contribution in [2.75, 3.05) is 31.1 Å². The predicted octanol–water partition coefficient (Wildman–Crippen LogP) is 3.38. The average molecular weight is 494 g/mol. The highest BCUT2D eigenvalue weighted by Crippen LogP contribution is 2.18. The molecule has 7 heteroatoms. The van der Waals surface area contributed by atoms with Gasteiger partial charge in [0.05, 0.1) is 6.54 Å². The Morgan fingerprint density at radius 1 is 1.07 bits per heavy atom. The van der Waals surface area contributed by atoms with Crippen molar-refractivity contribution in [3.8, 4) is 0 Å². The molecule has 0 unspecified atom stereocenters. The lowest BCUT2D eigenvalue weighted by atomic mass is 10.1. The number of aromatic nitrogens is 2. The van der Waals surface area contributed by atoms with Crippen LogP contribution in [-0.4, -0.2) is 42.1 Å². The molecule has 1 fully saturated rings. The molecule has 0 radical (unpaired) electrons. The third kappa shape index (κ3) is 7.26. The van der Waals surface area contributed by atoms with Gasteiger partial charge in [0.15, 0.2) is 5.96 Å². The molecule has 2 aromatic rings. The van der Waals surface area contributed by atoms with Gasteiger partial charge >= 0.3 is 0 Å². The van der Waals surface area contributed by atoms with Gasteiger partial charge in [0.2, 0.25) is 0 Å². The molecule has 2 aromatic heterocycles. The van der Waals surface area contributed by atoms with Crippen LogP contribution in [0.3, 0.4) is 0 Å². The second kappa shape index (κ2) is 12.5. The molecular formula is C21H31IN6. The summed E-state index contributed by atoms with van der Waals surface area (Å²) in [6.45, 7) is 6.58. The van der Waals surface area contributed by atoms with Crippen LogP contribution < -0.4 is 15.5 Å². The second-order valence-electron chi connectivity index (χ2n) is 6.76. The van der Waals surface area contributed by atoms with Gasteiger partial charge in [-0.3, -0.25) is 4.98 Å². The second-order valence-corrected chi connectivity index (χ2v) is 6.76. The zero-order chi connectivity index (χ0) is 18.7. The van der Waals surface area contributed by atoms with Crippen LogP contribution >= 0.6 is 24.0 Å². The Morgan fingerprint density at radius 2 is 1.93 bits per heavy atom. The topological polar surface area (TPSA) is 65.4 Å². The molecule has 0 saturated carbocycles. The SMILES string of the molecule is CCNC(=NCc1ccnc(N2CCCCC2)c1)NCCc1ccccn1.I. The molecule has 3 heterocycles. The van der Waals surface area contributed by atoms with Gasteiger partial charge in [0.1, 0.15) is 5.82 Å². The molecule has 0 aromatic carbocycles. The summed E-state index contributed by atoms with van der Waals surface area (Å²) in [6.07, 6.45) is 8.45. The van der Waals surface area contributed by atoms with E-state index in [1.54, 1.807) is 0 Å². The lowest BCUT2D eigenvalue weighted by Crippen LogP contribution is -2.38. The highest BCUT2D eigenvalue weighted by Gasteiger charge is 2.12. The van der Waals surface area contributed by atoms with Crippen molar-refractivity contribution in [3.63, 3.8) is 0 Å². The van der Waals surface area contributed by atoms with E-state index in [9.17, 15) is 0 Å². The molecule has 1 aliphatic rings. The zero-order valence-electron chi connectivity index (χ0n) is 16.6. The summed E-state index contributed by atoms with van der Waals surface area (Å²) in [5.74, 6) is 1.92. The molecule has 0 aliphatic carbocycles. The van der Waals surface area contributed by atoms with E-state index in [2.05, 4.69) is 44.6 Å². The maximum absolute atomic E-state index is 4.73. The van der Waals surface area contributed by atoms with Gasteiger partial charge in [-0.15, -0.1) is 24.0 Å². The van der Waals surface area contributed by atoms with Gasteiger partial charge in [-0.1, -0.05) is 6.07 Å². The maximum Gasteiger partial charge on any atom is 0.191 e. The summed E-state index contributed by atoms with van der Waals surface area (Å²) < 4.78 is 0.